The topological polar surface area (TPSA) is 47.4 Å². The Kier molecular flexibility index (Phi) is 6.31. The van der Waals surface area contributed by atoms with Crippen molar-refractivity contribution in [1.82, 2.24) is 14.5 Å². The van der Waals surface area contributed by atoms with Crippen LogP contribution in [-0.2, 0) is 16.1 Å². The van der Waals surface area contributed by atoms with Gasteiger partial charge in [0.25, 0.3) is 0 Å². The second-order valence-corrected chi connectivity index (χ2v) is 6.93. The van der Waals surface area contributed by atoms with Gasteiger partial charge in [0.2, 0.25) is 5.91 Å². The summed E-state index contributed by atoms with van der Waals surface area (Å²) >= 11 is 0. The molecule has 5 nitrogen and oxygen atoms in total. The highest BCUT2D eigenvalue weighted by Crippen LogP contribution is 2.31. The lowest BCUT2D eigenvalue weighted by molar-refractivity contribution is -0.128. The van der Waals surface area contributed by atoms with Crippen LogP contribution in [0, 0.1) is 0 Å². The molecule has 0 spiro atoms. The number of nitrogens with zero attached hydrogens (tertiary/aromatic N) is 3. The van der Waals surface area contributed by atoms with Gasteiger partial charge < -0.3 is 14.2 Å². The number of hydrogen-bond acceptors (Lipinski definition) is 3. The van der Waals surface area contributed by atoms with Gasteiger partial charge in [-0.25, -0.2) is 4.98 Å². The van der Waals surface area contributed by atoms with Crippen LogP contribution in [0.5, 0.6) is 0 Å². The standard InChI is InChI=1S/C20H29N3O2/c1-2-3-4-8-17-15-19(24)23(12-7-11-22-13-10-21-16-22)20(17)18-9-5-6-14-25-18/h6,10,13-16,18,20H,2-5,7-9,11-12H2,1H3. The largest absolute Gasteiger partial charge is 0.496 e. The van der Waals surface area contributed by atoms with E-state index in [1.54, 1.807) is 6.20 Å². The fourth-order valence-electron chi connectivity index (χ4n) is 3.78. The number of amides is 1. The number of allylic oxidation sites excluding steroid dienone is 1. The quantitative estimate of drug-likeness (QED) is 0.643. The van der Waals surface area contributed by atoms with Gasteiger partial charge in [-0.2, -0.15) is 0 Å². The first kappa shape index (κ1) is 17.8. The van der Waals surface area contributed by atoms with E-state index in [0.29, 0.717) is 0 Å². The first-order valence-electron chi connectivity index (χ1n) is 9.57. The molecule has 136 valence electrons. The van der Waals surface area contributed by atoms with Gasteiger partial charge in [-0.3, -0.25) is 4.79 Å². The SMILES string of the molecule is CCCCCC1=CC(=O)N(CCCn2ccnc2)C1C1CCC=CO1. The fourth-order valence-corrected chi connectivity index (χ4v) is 3.78. The molecule has 5 heteroatoms. The number of hydrogen-bond donors (Lipinski definition) is 0. The summed E-state index contributed by atoms with van der Waals surface area (Å²) in [5.41, 5.74) is 1.27. The van der Waals surface area contributed by atoms with E-state index >= 15 is 0 Å². The van der Waals surface area contributed by atoms with Crippen molar-refractivity contribution < 1.29 is 9.53 Å². The van der Waals surface area contributed by atoms with Crippen LogP contribution in [0.25, 0.3) is 0 Å². The van der Waals surface area contributed by atoms with Gasteiger partial charge in [0.1, 0.15) is 6.10 Å². The van der Waals surface area contributed by atoms with Crippen molar-refractivity contribution >= 4 is 5.91 Å². The molecule has 1 amide bonds. The third-order valence-corrected chi connectivity index (χ3v) is 5.07. The maximum Gasteiger partial charge on any atom is 0.247 e. The average molecular weight is 343 g/mol. The molecule has 0 aromatic carbocycles. The predicted molar refractivity (Wildman–Crippen MR) is 97.8 cm³/mol. The van der Waals surface area contributed by atoms with E-state index in [1.165, 1.54) is 18.4 Å². The van der Waals surface area contributed by atoms with Crippen molar-refractivity contribution in [3.8, 4) is 0 Å². The monoisotopic (exact) mass is 343 g/mol. The number of aryl methyl sites for hydroxylation is 1. The lowest BCUT2D eigenvalue weighted by Crippen LogP contribution is -2.45. The number of unbranched alkanes of at least 4 members (excludes halogenated alkanes) is 2. The summed E-state index contributed by atoms with van der Waals surface area (Å²) in [5, 5.41) is 0. The van der Waals surface area contributed by atoms with Crippen molar-refractivity contribution in [1.29, 1.82) is 0 Å². The molecular weight excluding hydrogens is 314 g/mol. The van der Waals surface area contributed by atoms with Crippen LogP contribution in [0.1, 0.15) is 51.9 Å². The molecule has 2 aliphatic heterocycles. The van der Waals surface area contributed by atoms with Crippen LogP contribution in [0.3, 0.4) is 0 Å². The van der Waals surface area contributed by atoms with Crippen LogP contribution in [0.4, 0.5) is 0 Å². The average Bonchev–Trinajstić information content (AvgIpc) is 3.25. The van der Waals surface area contributed by atoms with Gasteiger partial charge in [-0.05, 0) is 43.8 Å². The van der Waals surface area contributed by atoms with Gasteiger partial charge in [0.05, 0.1) is 18.6 Å². The second kappa shape index (κ2) is 8.88. The first-order chi connectivity index (χ1) is 12.3. The number of carbonyl (C=O) groups excluding carboxylic acids is 1. The molecule has 2 atom stereocenters. The van der Waals surface area contributed by atoms with E-state index in [2.05, 4.69) is 22.6 Å². The highest BCUT2D eigenvalue weighted by molar-refractivity contribution is 5.92. The van der Waals surface area contributed by atoms with Crippen molar-refractivity contribution in [2.45, 2.75) is 70.6 Å². The normalized spacial score (nSPS) is 23.0. The van der Waals surface area contributed by atoms with E-state index in [1.807, 2.05) is 29.8 Å². The Balaban J connectivity index is 1.64. The lowest BCUT2D eigenvalue weighted by Gasteiger charge is -2.34. The smallest absolute Gasteiger partial charge is 0.247 e. The summed E-state index contributed by atoms with van der Waals surface area (Å²) in [5.74, 6) is 0.153. The van der Waals surface area contributed by atoms with E-state index in [9.17, 15) is 4.79 Å². The van der Waals surface area contributed by atoms with Crippen molar-refractivity contribution in [2.24, 2.45) is 0 Å². The molecule has 0 radical (unpaired) electrons. The summed E-state index contributed by atoms with van der Waals surface area (Å²) in [6.07, 6.45) is 18.9. The number of aromatic nitrogens is 2. The molecule has 1 aromatic rings. The first-order valence-corrected chi connectivity index (χ1v) is 9.57. The van der Waals surface area contributed by atoms with E-state index in [-0.39, 0.29) is 18.1 Å². The second-order valence-electron chi connectivity index (χ2n) is 6.93. The van der Waals surface area contributed by atoms with Crippen LogP contribution < -0.4 is 0 Å². The van der Waals surface area contributed by atoms with E-state index in [4.69, 9.17) is 4.74 Å². The zero-order valence-corrected chi connectivity index (χ0v) is 15.1. The maximum atomic E-state index is 12.6. The number of ether oxygens (including phenoxy) is 1. The van der Waals surface area contributed by atoms with Crippen LogP contribution >= 0.6 is 0 Å². The minimum atomic E-state index is 0.0950. The summed E-state index contributed by atoms with van der Waals surface area (Å²) in [6, 6.07) is 0.108. The van der Waals surface area contributed by atoms with Gasteiger partial charge in [0.15, 0.2) is 0 Å². The molecule has 0 N–H and O–H groups in total. The van der Waals surface area contributed by atoms with Gasteiger partial charge in [0, 0.05) is 31.6 Å². The molecule has 1 aromatic heterocycles. The van der Waals surface area contributed by atoms with Crippen LogP contribution in [0.15, 0.2) is 42.7 Å². The summed E-state index contributed by atoms with van der Waals surface area (Å²) in [7, 11) is 0. The zero-order chi connectivity index (χ0) is 17.5. The van der Waals surface area contributed by atoms with Gasteiger partial charge in [-0.15, -0.1) is 0 Å². The summed E-state index contributed by atoms with van der Waals surface area (Å²) in [6.45, 7) is 3.86. The minimum absolute atomic E-state index is 0.0950. The molecule has 3 heterocycles. The highest BCUT2D eigenvalue weighted by atomic mass is 16.5. The molecule has 2 aliphatic rings. The number of imidazole rings is 1. The molecule has 0 saturated carbocycles. The molecule has 25 heavy (non-hydrogen) atoms. The molecule has 0 aliphatic carbocycles. The Labute approximate surface area is 150 Å². The van der Waals surface area contributed by atoms with Gasteiger partial charge >= 0.3 is 0 Å². The molecular formula is C20H29N3O2. The summed E-state index contributed by atoms with van der Waals surface area (Å²) < 4.78 is 7.96. The Bertz CT molecular complexity index is 606. The Morgan fingerprint density at radius 2 is 2.20 bits per heavy atom. The maximum absolute atomic E-state index is 12.6. The molecule has 3 rings (SSSR count). The Morgan fingerprint density at radius 3 is 2.92 bits per heavy atom. The number of carbonyl (C=O) groups is 1. The van der Waals surface area contributed by atoms with Gasteiger partial charge in [-0.1, -0.05) is 19.8 Å². The minimum Gasteiger partial charge on any atom is -0.496 e. The molecule has 0 saturated heterocycles. The third-order valence-electron chi connectivity index (χ3n) is 5.07. The molecule has 2 unspecified atom stereocenters. The highest BCUT2D eigenvalue weighted by Gasteiger charge is 2.38. The Hall–Kier alpha value is -2.04. The zero-order valence-electron chi connectivity index (χ0n) is 15.1. The fraction of sp³-hybridized carbons (Fsp3) is 0.600. The van der Waals surface area contributed by atoms with Crippen molar-refractivity contribution in [3.63, 3.8) is 0 Å². The number of rotatable bonds is 9. The Morgan fingerprint density at radius 1 is 1.28 bits per heavy atom. The summed E-state index contributed by atoms with van der Waals surface area (Å²) in [4.78, 5) is 18.7. The molecule has 0 fully saturated rings. The van der Waals surface area contributed by atoms with E-state index in [0.717, 1.165) is 45.2 Å². The van der Waals surface area contributed by atoms with Crippen molar-refractivity contribution in [2.75, 3.05) is 6.54 Å². The third kappa shape index (κ3) is 4.53. The van der Waals surface area contributed by atoms with Crippen molar-refractivity contribution in [3.05, 3.63) is 42.7 Å². The molecule has 0 bridgehead atoms. The van der Waals surface area contributed by atoms with E-state index < -0.39 is 0 Å². The van der Waals surface area contributed by atoms with Crippen LogP contribution in [-0.4, -0.2) is 39.0 Å². The van der Waals surface area contributed by atoms with Crippen LogP contribution in [0.2, 0.25) is 0 Å². The lowest BCUT2D eigenvalue weighted by atomic mass is 9.94. The predicted octanol–water partition coefficient (Wildman–Crippen LogP) is 3.68.